The van der Waals surface area contributed by atoms with Crippen molar-refractivity contribution >= 4 is 23.4 Å². The number of fused-ring (bicyclic) bond motifs is 1. The number of amides is 1. The van der Waals surface area contributed by atoms with E-state index in [1.165, 1.54) is 11.3 Å². The van der Waals surface area contributed by atoms with Gasteiger partial charge < -0.3 is 15.0 Å². The zero-order valence-corrected chi connectivity index (χ0v) is 13.2. The Labute approximate surface area is 130 Å². The number of thioether (sulfide) groups is 1. The molecule has 1 aromatic rings. The van der Waals surface area contributed by atoms with E-state index in [0.29, 0.717) is 19.2 Å². The summed E-state index contributed by atoms with van der Waals surface area (Å²) in [5, 5.41) is 3.34. The van der Waals surface area contributed by atoms with Crippen molar-refractivity contribution in [3.63, 3.8) is 0 Å². The molecule has 0 bridgehead atoms. The van der Waals surface area contributed by atoms with Crippen LogP contribution in [0.2, 0.25) is 0 Å². The third kappa shape index (κ3) is 3.19. The molecule has 1 amide bonds. The molecule has 3 rings (SSSR count). The summed E-state index contributed by atoms with van der Waals surface area (Å²) in [7, 11) is 1.69. The largest absolute Gasteiger partial charge is 0.384 e. The summed E-state index contributed by atoms with van der Waals surface area (Å²) >= 11 is 1.93. The Morgan fingerprint density at radius 1 is 1.52 bits per heavy atom. The highest BCUT2D eigenvalue weighted by molar-refractivity contribution is 7.99. The number of hydrogen-bond donors (Lipinski definition) is 1. The number of methoxy groups -OCH3 is 1. The molecule has 1 atom stereocenters. The summed E-state index contributed by atoms with van der Waals surface area (Å²) in [6.45, 7) is 2.24. The van der Waals surface area contributed by atoms with Crippen molar-refractivity contribution in [2.45, 2.75) is 18.9 Å². The minimum Gasteiger partial charge on any atom is -0.384 e. The summed E-state index contributed by atoms with van der Waals surface area (Å²) in [6, 6.07) is 6.39. The van der Waals surface area contributed by atoms with Crippen molar-refractivity contribution in [3.8, 4) is 0 Å². The molecule has 1 aromatic carbocycles. The van der Waals surface area contributed by atoms with Crippen LogP contribution in [-0.4, -0.2) is 55.2 Å². The molecule has 0 saturated carbocycles. The number of nitrogens with one attached hydrogen (secondary N) is 1. The quantitative estimate of drug-likeness (QED) is 0.906. The standard InChI is InChI=1S/C16H22N2O2S/c1-20-8-7-18(14-5-9-21-11-14)16(19)13-2-3-15-12(10-13)4-6-17-15/h2-3,10,14,17H,4-9,11H2,1H3. The van der Waals surface area contributed by atoms with Crippen molar-refractivity contribution < 1.29 is 9.53 Å². The molecule has 0 aromatic heterocycles. The molecule has 2 heterocycles. The van der Waals surface area contributed by atoms with Crippen molar-refractivity contribution in [1.29, 1.82) is 0 Å². The molecule has 4 nitrogen and oxygen atoms in total. The number of hydrogen-bond acceptors (Lipinski definition) is 4. The number of benzene rings is 1. The SMILES string of the molecule is COCCN(C(=O)c1ccc2c(c1)CCN2)C1CCSC1. The minimum atomic E-state index is 0.147. The lowest BCUT2D eigenvalue weighted by Gasteiger charge is -2.28. The fourth-order valence-electron chi connectivity index (χ4n) is 3.01. The number of anilines is 1. The maximum Gasteiger partial charge on any atom is 0.254 e. The molecule has 1 fully saturated rings. The predicted molar refractivity (Wildman–Crippen MR) is 87.3 cm³/mol. The van der Waals surface area contributed by atoms with Gasteiger partial charge in [-0.25, -0.2) is 0 Å². The van der Waals surface area contributed by atoms with Crippen LogP contribution in [-0.2, 0) is 11.2 Å². The first kappa shape index (κ1) is 14.7. The Hall–Kier alpha value is -1.20. The minimum absolute atomic E-state index is 0.147. The van der Waals surface area contributed by atoms with Crippen molar-refractivity contribution in [2.75, 3.05) is 43.6 Å². The molecule has 0 spiro atoms. The van der Waals surface area contributed by atoms with Crippen LogP contribution in [0.4, 0.5) is 5.69 Å². The Kier molecular flexibility index (Phi) is 4.70. The van der Waals surface area contributed by atoms with Crippen LogP contribution in [0, 0.1) is 0 Å². The van der Waals surface area contributed by atoms with E-state index in [2.05, 4.69) is 11.4 Å². The van der Waals surface area contributed by atoms with Gasteiger partial charge in [0.2, 0.25) is 0 Å². The van der Waals surface area contributed by atoms with Gasteiger partial charge in [0, 0.05) is 43.2 Å². The van der Waals surface area contributed by atoms with Gasteiger partial charge in [0.25, 0.3) is 5.91 Å². The smallest absolute Gasteiger partial charge is 0.254 e. The molecule has 1 saturated heterocycles. The fraction of sp³-hybridized carbons (Fsp3) is 0.562. The predicted octanol–water partition coefficient (Wildman–Crippen LogP) is 2.25. The van der Waals surface area contributed by atoms with Crippen molar-refractivity contribution in [2.24, 2.45) is 0 Å². The molecule has 0 aliphatic carbocycles. The zero-order valence-electron chi connectivity index (χ0n) is 12.4. The van der Waals surface area contributed by atoms with Gasteiger partial charge in [-0.2, -0.15) is 11.8 Å². The number of nitrogens with zero attached hydrogens (tertiary/aromatic N) is 1. The van der Waals surface area contributed by atoms with Crippen LogP contribution in [0.1, 0.15) is 22.3 Å². The second-order valence-electron chi connectivity index (χ2n) is 5.56. The zero-order chi connectivity index (χ0) is 14.7. The molecule has 1 N–H and O–H groups in total. The van der Waals surface area contributed by atoms with E-state index >= 15 is 0 Å². The normalized spacial score (nSPS) is 20.1. The fourth-order valence-corrected chi connectivity index (χ4v) is 4.24. The Balaban J connectivity index is 1.79. The average molecular weight is 306 g/mol. The summed E-state index contributed by atoms with van der Waals surface area (Å²) in [5.74, 6) is 2.34. The van der Waals surface area contributed by atoms with Crippen LogP contribution in [0.25, 0.3) is 0 Å². The van der Waals surface area contributed by atoms with E-state index < -0.39 is 0 Å². The highest BCUT2D eigenvalue weighted by atomic mass is 32.2. The van der Waals surface area contributed by atoms with Crippen molar-refractivity contribution in [3.05, 3.63) is 29.3 Å². The highest BCUT2D eigenvalue weighted by Crippen LogP contribution is 2.26. The van der Waals surface area contributed by atoms with Crippen LogP contribution in [0.3, 0.4) is 0 Å². The molecular formula is C16H22N2O2S. The number of carbonyl (C=O) groups excluding carboxylic acids is 1. The molecule has 2 aliphatic rings. The third-order valence-corrected chi connectivity index (χ3v) is 5.35. The molecule has 114 valence electrons. The Bertz CT molecular complexity index is 515. The van der Waals surface area contributed by atoms with Crippen LogP contribution < -0.4 is 5.32 Å². The molecule has 21 heavy (non-hydrogen) atoms. The second-order valence-corrected chi connectivity index (χ2v) is 6.71. The maximum atomic E-state index is 12.9. The topological polar surface area (TPSA) is 41.6 Å². The summed E-state index contributed by atoms with van der Waals surface area (Å²) in [4.78, 5) is 14.9. The third-order valence-electron chi connectivity index (χ3n) is 4.21. The van der Waals surface area contributed by atoms with E-state index in [0.717, 1.165) is 36.5 Å². The van der Waals surface area contributed by atoms with Gasteiger partial charge in [-0.05, 0) is 42.4 Å². The van der Waals surface area contributed by atoms with Crippen LogP contribution in [0.5, 0.6) is 0 Å². The van der Waals surface area contributed by atoms with Crippen molar-refractivity contribution in [1.82, 2.24) is 4.90 Å². The first-order valence-electron chi connectivity index (χ1n) is 7.54. The lowest BCUT2D eigenvalue weighted by molar-refractivity contribution is 0.0624. The molecule has 0 radical (unpaired) electrons. The van der Waals surface area contributed by atoms with Gasteiger partial charge in [0.15, 0.2) is 0 Å². The first-order valence-corrected chi connectivity index (χ1v) is 8.69. The van der Waals surface area contributed by atoms with E-state index in [-0.39, 0.29) is 5.91 Å². The number of ether oxygens (including phenoxy) is 1. The van der Waals surface area contributed by atoms with Crippen LogP contribution >= 0.6 is 11.8 Å². The van der Waals surface area contributed by atoms with Gasteiger partial charge in [0.05, 0.1) is 6.61 Å². The van der Waals surface area contributed by atoms with Crippen LogP contribution in [0.15, 0.2) is 18.2 Å². The number of carbonyl (C=O) groups is 1. The van der Waals surface area contributed by atoms with Gasteiger partial charge in [-0.15, -0.1) is 0 Å². The maximum absolute atomic E-state index is 12.9. The average Bonchev–Trinajstić information content (AvgIpc) is 3.18. The first-order chi connectivity index (χ1) is 10.3. The Morgan fingerprint density at radius 3 is 3.19 bits per heavy atom. The van der Waals surface area contributed by atoms with Gasteiger partial charge in [0.1, 0.15) is 0 Å². The van der Waals surface area contributed by atoms with Gasteiger partial charge in [-0.1, -0.05) is 0 Å². The van der Waals surface area contributed by atoms with E-state index in [9.17, 15) is 4.79 Å². The lowest BCUT2D eigenvalue weighted by atomic mass is 10.1. The summed E-state index contributed by atoms with van der Waals surface area (Å²) < 4.78 is 5.18. The lowest BCUT2D eigenvalue weighted by Crippen LogP contribution is -2.42. The monoisotopic (exact) mass is 306 g/mol. The molecule has 1 unspecified atom stereocenters. The number of rotatable bonds is 5. The van der Waals surface area contributed by atoms with E-state index in [1.807, 2.05) is 28.8 Å². The summed E-state index contributed by atoms with van der Waals surface area (Å²) in [5.41, 5.74) is 3.24. The van der Waals surface area contributed by atoms with Gasteiger partial charge >= 0.3 is 0 Å². The molecular weight excluding hydrogens is 284 g/mol. The second kappa shape index (κ2) is 6.71. The Morgan fingerprint density at radius 2 is 2.43 bits per heavy atom. The highest BCUT2D eigenvalue weighted by Gasteiger charge is 2.28. The molecule has 5 heteroatoms. The van der Waals surface area contributed by atoms with E-state index in [4.69, 9.17) is 4.74 Å². The summed E-state index contributed by atoms with van der Waals surface area (Å²) in [6.07, 6.45) is 2.10. The van der Waals surface area contributed by atoms with E-state index in [1.54, 1.807) is 7.11 Å². The molecule has 2 aliphatic heterocycles. The van der Waals surface area contributed by atoms with Gasteiger partial charge in [-0.3, -0.25) is 4.79 Å².